The van der Waals surface area contributed by atoms with Gasteiger partial charge in [0, 0.05) is 5.69 Å². The molecule has 136 valence electrons. The highest BCUT2D eigenvalue weighted by Crippen LogP contribution is 2.31. The van der Waals surface area contributed by atoms with E-state index in [9.17, 15) is 22.8 Å². The Morgan fingerprint density at radius 3 is 2.33 bits per heavy atom. The molecule has 0 bridgehead atoms. The van der Waals surface area contributed by atoms with Crippen LogP contribution in [0.1, 0.15) is 25.0 Å². The Hall–Kier alpha value is -1.80. The highest BCUT2D eigenvalue weighted by molar-refractivity contribution is 5.95. The van der Waals surface area contributed by atoms with Crippen LogP contribution in [0, 0.1) is 12.8 Å². The van der Waals surface area contributed by atoms with Crippen molar-refractivity contribution in [3.05, 3.63) is 29.3 Å². The average molecular weight is 368 g/mol. The number of carbonyl (C=O) groups is 2. The number of anilines is 1. The van der Waals surface area contributed by atoms with Crippen molar-refractivity contribution < 1.29 is 22.8 Å². The number of amides is 2. The summed E-state index contributed by atoms with van der Waals surface area (Å²) in [5.74, 6) is -1.21. The van der Waals surface area contributed by atoms with Gasteiger partial charge < -0.3 is 16.4 Å². The van der Waals surface area contributed by atoms with Gasteiger partial charge in [0.05, 0.1) is 18.2 Å². The summed E-state index contributed by atoms with van der Waals surface area (Å²) in [5.41, 5.74) is 5.30. The monoisotopic (exact) mass is 367 g/mol. The van der Waals surface area contributed by atoms with Crippen molar-refractivity contribution in [1.29, 1.82) is 0 Å². The molecule has 0 unspecified atom stereocenters. The first-order valence-electron chi connectivity index (χ1n) is 7.03. The lowest BCUT2D eigenvalue weighted by Crippen LogP contribution is -2.46. The van der Waals surface area contributed by atoms with Gasteiger partial charge in [-0.15, -0.1) is 12.4 Å². The van der Waals surface area contributed by atoms with E-state index in [0.717, 1.165) is 12.1 Å². The standard InChI is InChI=1S/C15H20F3N3O2.ClH/c1-8(2)13(19)14(23)20-7-12(22)21-11-6-10(15(16,17)18)5-4-9(11)3;/h4-6,8,13H,7,19H2,1-3H3,(H,20,23)(H,21,22);1H/t13-;/m0./s1. The van der Waals surface area contributed by atoms with Crippen molar-refractivity contribution >= 4 is 29.9 Å². The molecule has 1 rings (SSSR count). The maximum atomic E-state index is 12.7. The first kappa shape index (κ1) is 22.2. The van der Waals surface area contributed by atoms with Gasteiger partial charge in [-0.05, 0) is 30.5 Å². The van der Waals surface area contributed by atoms with Crippen LogP contribution in [0.3, 0.4) is 0 Å². The molecule has 0 radical (unpaired) electrons. The molecular formula is C15H21ClF3N3O2. The molecule has 0 fully saturated rings. The molecule has 0 aromatic heterocycles. The van der Waals surface area contributed by atoms with E-state index in [1.165, 1.54) is 6.07 Å². The molecule has 0 saturated carbocycles. The first-order chi connectivity index (χ1) is 10.5. The fraction of sp³-hybridized carbons (Fsp3) is 0.467. The van der Waals surface area contributed by atoms with Gasteiger partial charge in [-0.2, -0.15) is 13.2 Å². The molecule has 0 aliphatic rings. The number of halogens is 4. The Kier molecular flexibility index (Phi) is 8.22. The van der Waals surface area contributed by atoms with E-state index in [-0.39, 0.29) is 30.6 Å². The third-order valence-electron chi connectivity index (χ3n) is 3.28. The predicted octanol–water partition coefficient (Wildman–Crippen LogP) is 2.47. The van der Waals surface area contributed by atoms with Gasteiger partial charge in [0.2, 0.25) is 11.8 Å². The van der Waals surface area contributed by atoms with Crippen molar-refractivity contribution in [3.8, 4) is 0 Å². The number of nitrogens with two attached hydrogens (primary N) is 1. The number of alkyl halides is 3. The highest BCUT2D eigenvalue weighted by Gasteiger charge is 2.31. The third-order valence-corrected chi connectivity index (χ3v) is 3.28. The topological polar surface area (TPSA) is 84.2 Å². The minimum atomic E-state index is -4.49. The summed E-state index contributed by atoms with van der Waals surface area (Å²) in [5, 5.41) is 4.70. The Morgan fingerprint density at radius 1 is 1.25 bits per heavy atom. The van der Waals surface area contributed by atoms with Crippen LogP contribution in [-0.2, 0) is 15.8 Å². The van der Waals surface area contributed by atoms with Crippen LogP contribution in [0.15, 0.2) is 18.2 Å². The largest absolute Gasteiger partial charge is 0.416 e. The first-order valence-corrected chi connectivity index (χ1v) is 7.03. The lowest BCUT2D eigenvalue weighted by molar-refractivity contribution is -0.137. The molecule has 5 nitrogen and oxygen atoms in total. The van der Waals surface area contributed by atoms with Crippen LogP contribution in [0.2, 0.25) is 0 Å². The van der Waals surface area contributed by atoms with Crippen LogP contribution in [0.5, 0.6) is 0 Å². The minimum Gasteiger partial charge on any atom is -0.346 e. The normalized spacial score (nSPS) is 12.3. The predicted molar refractivity (Wildman–Crippen MR) is 87.9 cm³/mol. The van der Waals surface area contributed by atoms with Gasteiger partial charge in [0.1, 0.15) is 0 Å². The lowest BCUT2D eigenvalue weighted by atomic mass is 10.1. The van der Waals surface area contributed by atoms with E-state index in [1.807, 2.05) is 0 Å². The van der Waals surface area contributed by atoms with Crippen molar-refractivity contribution in [1.82, 2.24) is 5.32 Å². The molecule has 1 aromatic carbocycles. The molecule has 0 saturated heterocycles. The van der Waals surface area contributed by atoms with Gasteiger partial charge in [0.15, 0.2) is 0 Å². The molecule has 2 amide bonds. The van der Waals surface area contributed by atoms with E-state index in [4.69, 9.17) is 5.73 Å². The van der Waals surface area contributed by atoms with Crippen LogP contribution < -0.4 is 16.4 Å². The molecule has 0 aliphatic carbocycles. The van der Waals surface area contributed by atoms with Gasteiger partial charge in [-0.3, -0.25) is 9.59 Å². The molecule has 1 atom stereocenters. The van der Waals surface area contributed by atoms with Crippen molar-refractivity contribution in [2.45, 2.75) is 33.0 Å². The number of nitrogens with one attached hydrogen (secondary N) is 2. The summed E-state index contributed by atoms with van der Waals surface area (Å²) < 4.78 is 38.0. The Labute approximate surface area is 144 Å². The second kappa shape index (κ2) is 8.89. The molecule has 0 heterocycles. The quantitative estimate of drug-likeness (QED) is 0.747. The van der Waals surface area contributed by atoms with Crippen molar-refractivity contribution in [3.63, 3.8) is 0 Å². The Bertz CT molecular complexity index is 592. The average Bonchev–Trinajstić information content (AvgIpc) is 2.44. The molecule has 24 heavy (non-hydrogen) atoms. The van der Waals surface area contributed by atoms with Gasteiger partial charge in [0.25, 0.3) is 0 Å². The minimum absolute atomic E-state index is 0. The van der Waals surface area contributed by atoms with Gasteiger partial charge >= 0.3 is 6.18 Å². The Balaban J connectivity index is 0.00000529. The molecule has 0 spiro atoms. The highest BCUT2D eigenvalue weighted by atomic mass is 35.5. The Morgan fingerprint density at radius 2 is 1.83 bits per heavy atom. The number of hydrogen-bond acceptors (Lipinski definition) is 3. The number of rotatable bonds is 5. The number of hydrogen-bond donors (Lipinski definition) is 3. The zero-order chi connectivity index (χ0) is 17.8. The summed E-state index contributed by atoms with van der Waals surface area (Å²) in [6, 6.07) is 2.31. The van der Waals surface area contributed by atoms with E-state index >= 15 is 0 Å². The number of aryl methyl sites for hydroxylation is 1. The summed E-state index contributed by atoms with van der Waals surface area (Å²) in [6.07, 6.45) is -4.49. The van der Waals surface area contributed by atoms with Crippen molar-refractivity contribution in [2.75, 3.05) is 11.9 Å². The van der Waals surface area contributed by atoms with Crippen molar-refractivity contribution in [2.24, 2.45) is 11.7 Å². The maximum absolute atomic E-state index is 12.7. The SMILES string of the molecule is Cc1ccc(C(F)(F)F)cc1NC(=O)CNC(=O)[C@@H](N)C(C)C.Cl. The molecule has 4 N–H and O–H groups in total. The fourth-order valence-electron chi connectivity index (χ4n) is 1.72. The second-order valence-electron chi connectivity index (χ2n) is 5.56. The van der Waals surface area contributed by atoms with Crippen LogP contribution in [0.4, 0.5) is 18.9 Å². The lowest BCUT2D eigenvalue weighted by Gasteiger charge is -2.16. The molecule has 0 aliphatic heterocycles. The zero-order valence-corrected chi connectivity index (χ0v) is 14.3. The smallest absolute Gasteiger partial charge is 0.346 e. The second-order valence-corrected chi connectivity index (χ2v) is 5.56. The van der Waals surface area contributed by atoms with Gasteiger partial charge in [-0.1, -0.05) is 19.9 Å². The number of benzene rings is 1. The summed E-state index contributed by atoms with van der Waals surface area (Å²) >= 11 is 0. The van der Waals surface area contributed by atoms with E-state index in [1.54, 1.807) is 20.8 Å². The number of carbonyl (C=O) groups excluding carboxylic acids is 2. The molecular weight excluding hydrogens is 347 g/mol. The third kappa shape index (κ3) is 6.37. The summed E-state index contributed by atoms with van der Waals surface area (Å²) in [4.78, 5) is 23.4. The summed E-state index contributed by atoms with van der Waals surface area (Å²) in [7, 11) is 0. The van der Waals surface area contributed by atoms with E-state index in [0.29, 0.717) is 5.56 Å². The molecule has 9 heteroatoms. The summed E-state index contributed by atoms with van der Waals surface area (Å²) in [6.45, 7) is 4.73. The van der Waals surface area contributed by atoms with Crippen LogP contribution in [0.25, 0.3) is 0 Å². The van der Waals surface area contributed by atoms with E-state index < -0.39 is 29.6 Å². The van der Waals surface area contributed by atoms with E-state index in [2.05, 4.69) is 10.6 Å². The zero-order valence-electron chi connectivity index (χ0n) is 13.5. The van der Waals surface area contributed by atoms with Crippen LogP contribution in [-0.4, -0.2) is 24.4 Å². The van der Waals surface area contributed by atoms with Gasteiger partial charge in [-0.25, -0.2) is 0 Å². The fourth-order valence-corrected chi connectivity index (χ4v) is 1.72. The molecule has 1 aromatic rings. The maximum Gasteiger partial charge on any atom is 0.416 e. The van der Waals surface area contributed by atoms with Crippen LogP contribution >= 0.6 is 12.4 Å².